The molecule has 0 fully saturated rings. The molecule has 2 atom stereocenters. The molecule has 0 aliphatic carbocycles. The number of carbonyl (C=O) groups is 2. The first-order chi connectivity index (χ1) is 16.2. The number of benzene rings is 2. The zero-order valence-electron chi connectivity index (χ0n) is 19.0. The molecule has 0 unspecified atom stereocenters. The summed E-state index contributed by atoms with van der Waals surface area (Å²) in [6.45, 7) is 5.16. The number of hydrogen-bond donors (Lipinski definition) is 1. The molecule has 0 bridgehead atoms. The normalized spacial score (nSPS) is 12.7. The van der Waals surface area contributed by atoms with Gasteiger partial charge in [-0.25, -0.2) is 14.4 Å². The Labute approximate surface area is 214 Å². The van der Waals surface area contributed by atoms with Gasteiger partial charge in [0.2, 0.25) is 0 Å². The summed E-state index contributed by atoms with van der Waals surface area (Å²) in [4.78, 5) is 37.0. The predicted octanol–water partition coefficient (Wildman–Crippen LogP) is 5.33. The van der Waals surface area contributed by atoms with Crippen LogP contribution in [0.15, 0.2) is 51.7 Å². The highest BCUT2D eigenvalue weighted by atomic mass is 79.9. The third-order valence-corrected chi connectivity index (χ3v) is 7.51. The van der Waals surface area contributed by atoms with Gasteiger partial charge in [-0.1, -0.05) is 62.2 Å². The molecule has 1 N–H and O–H groups in total. The first kappa shape index (κ1) is 26.0. The molecule has 1 aromatic heterocycles. The number of aryl methyl sites for hydroxylation is 2. The van der Waals surface area contributed by atoms with Gasteiger partial charge in [0, 0.05) is 27.2 Å². The van der Waals surface area contributed by atoms with Crippen LogP contribution in [0.25, 0.3) is 11.0 Å². The lowest BCUT2D eigenvalue weighted by Gasteiger charge is -2.19. The fourth-order valence-corrected chi connectivity index (χ4v) is 4.01. The van der Waals surface area contributed by atoms with Crippen LogP contribution in [0.3, 0.4) is 0 Å². The molecule has 3 rings (SSSR count). The van der Waals surface area contributed by atoms with Gasteiger partial charge in [0.15, 0.2) is 0 Å². The minimum Gasteiger partial charge on any atom is -0.445 e. The summed E-state index contributed by atoms with van der Waals surface area (Å²) in [5.74, 6) is -0.358. The first-order valence-corrected chi connectivity index (χ1v) is 12.7. The molecule has 2 aromatic carbocycles. The van der Waals surface area contributed by atoms with Crippen molar-refractivity contribution in [2.45, 2.75) is 44.7 Å². The van der Waals surface area contributed by atoms with E-state index < -0.39 is 23.7 Å². The number of carbonyl (C=O) groups excluding carboxylic acids is 2. The molecule has 3 aromatic rings. The number of halogens is 2. The van der Waals surface area contributed by atoms with Crippen LogP contribution < -0.4 is 15.7 Å². The van der Waals surface area contributed by atoms with Gasteiger partial charge in [-0.05, 0) is 49.9 Å². The zero-order valence-corrected chi connectivity index (χ0v) is 22.2. The second-order valence-corrected chi connectivity index (χ2v) is 9.86. The molecule has 0 radical (unpaired) electrons. The van der Waals surface area contributed by atoms with Gasteiger partial charge in [0.1, 0.15) is 24.0 Å². The van der Waals surface area contributed by atoms with E-state index in [2.05, 4.69) is 37.2 Å². The number of fused-ring (bicyclic) bond motifs is 1. The maximum absolute atomic E-state index is 12.8. The van der Waals surface area contributed by atoms with E-state index in [4.69, 9.17) is 13.9 Å². The molecule has 9 heteroatoms. The monoisotopic (exact) mass is 593 g/mol. The molecule has 34 heavy (non-hydrogen) atoms. The van der Waals surface area contributed by atoms with Gasteiger partial charge in [-0.2, -0.15) is 0 Å². The van der Waals surface area contributed by atoms with E-state index in [1.54, 1.807) is 6.92 Å². The topological polar surface area (TPSA) is 94.8 Å². The lowest BCUT2D eigenvalue weighted by molar-refractivity contribution is -0.136. The van der Waals surface area contributed by atoms with E-state index in [1.165, 1.54) is 13.0 Å². The van der Waals surface area contributed by atoms with Crippen molar-refractivity contribution in [3.63, 3.8) is 0 Å². The molecule has 0 aliphatic rings. The van der Waals surface area contributed by atoms with E-state index >= 15 is 0 Å². The van der Waals surface area contributed by atoms with Crippen molar-refractivity contribution in [3.05, 3.63) is 75.1 Å². The van der Waals surface area contributed by atoms with E-state index in [0.29, 0.717) is 28.6 Å². The Bertz CT molecular complexity index is 1240. The van der Waals surface area contributed by atoms with Gasteiger partial charge >= 0.3 is 17.7 Å². The molecule has 7 nitrogen and oxygen atoms in total. The summed E-state index contributed by atoms with van der Waals surface area (Å²) in [6.07, 6.45) is -0.172. The van der Waals surface area contributed by atoms with Crippen LogP contribution >= 0.6 is 31.9 Å². The third kappa shape index (κ3) is 6.48. The maximum Gasteiger partial charge on any atom is 0.408 e. The average Bonchev–Trinajstić information content (AvgIpc) is 2.81. The van der Waals surface area contributed by atoms with Crippen molar-refractivity contribution in [3.8, 4) is 5.75 Å². The van der Waals surface area contributed by atoms with Crippen LogP contribution in [-0.4, -0.2) is 28.3 Å². The lowest BCUT2D eigenvalue weighted by atomic mass is 9.99. The molecular weight excluding hydrogens is 570 g/mol. The van der Waals surface area contributed by atoms with Crippen molar-refractivity contribution in [1.82, 2.24) is 5.32 Å². The predicted molar refractivity (Wildman–Crippen MR) is 137 cm³/mol. The number of nitrogens with one attached hydrogen (secondary N) is 1. The molecule has 1 amide bonds. The summed E-state index contributed by atoms with van der Waals surface area (Å²) in [5.41, 5.74) is 2.80. The highest BCUT2D eigenvalue weighted by Gasteiger charge is 2.24. The van der Waals surface area contributed by atoms with E-state index in [0.717, 1.165) is 22.1 Å². The van der Waals surface area contributed by atoms with Gasteiger partial charge < -0.3 is 19.2 Å². The molecule has 0 spiro atoms. The summed E-state index contributed by atoms with van der Waals surface area (Å²) in [7, 11) is 0. The van der Waals surface area contributed by atoms with Crippen LogP contribution in [0.2, 0.25) is 0 Å². The highest BCUT2D eigenvalue weighted by molar-refractivity contribution is 9.12. The number of esters is 1. The van der Waals surface area contributed by atoms with Crippen LogP contribution in [0.5, 0.6) is 5.75 Å². The second kappa shape index (κ2) is 11.7. The summed E-state index contributed by atoms with van der Waals surface area (Å²) < 4.78 is 16.3. The first-order valence-electron chi connectivity index (χ1n) is 10.7. The van der Waals surface area contributed by atoms with Crippen LogP contribution in [0.1, 0.15) is 29.2 Å². The number of alkyl carbamates (subject to hydrolysis) is 1. The number of alkyl halides is 2. The van der Waals surface area contributed by atoms with Crippen molar-refractivity contribution >= 4 is 54.9 Å². The van der Waals surface area contributed by atoms with Gasteiger partial charge in [0.05, 0.1) is 0 Å². The number of amides is 1. The van der Waals surface area contributed by atoms with Gasteiger partial charge in [0.25, 0.3) is 0 Å². The summed E-state index contributed by atoms with van der Waals surface area (Å²) in [5, 5.41) is 3.95. The zero-order chi connectivity index (χ0) is 24.8. The number of rotatable bonds is 8. The summed E-state index contributed by atoms with van der Waals surface area (Å²) >= 11 is 7.04. The fourth-order valence-electron chi connectivity index (χ4n) is 3.44. The van der Waals surface area contributed by atoms with Crippen LogP contribution in [-0.2, 0) is 22.6 Å². The second-order valence-electron chi connectivity index (χ2n) is 7.92. The Morgan fingerprint density at radius 3 is 2.53 bits per heavy atom. The maximum atomic E-state index is 12.8. The van der Waals surface area contributed by atoms with Crippen molar-refractivity contribution in [2.75, 3.05) is 5.33 Å². The molecule has 0 saturated heterocycles. The van der Waals surface area contributed by atoms with Crippen LogP contribution in [0.4, 0.5) is 4.79 Å². The Hall–Kier alpha value is -2.65. The van der Waals surface area contributed by atoms with Gasteiger partial charge in [-0.3, -0.25) is 0 Å². The molecule has 0 saturated carbocycles. The van der Waals surface area contributed by atoms with E-state index in [-0.39, 0.29) is 11.4 Å². The van der Waals surface area contributed by atoms with E-state index in [1.807, 2.05) is 43.3 Å². The summed E-state index contributed by atoms with van der Waals surface area (Å²) in [6, 6.07) is 11.6. The Balaban J connectivity index is 1.80. The minimum atomic E-state index is -0.966. The van der Waals surface area contributed by atoms with Crippen molar-refractivity contribution in [2.24, 2.45) is 0 Å². The Morgan fingerprint density at radius 1 is 1.15 bits per heavy atom. The molecule has 0 aliphatic heterocycles. The quantitative estimate of drug-likeness (QED) is 0.164. The molecule has 180 valence electrons. The fraction of sp³-hybridized carbons (Fsp3) is 0.320. The van der Waals surface area contributed by atoms with E-state index in [9.17, 15) is 14.4 Å². The smallest absolute Gasteiger partial charge is 0.408 e. The van der Waals surface area contributed by atoms with Crippen molar-refractivity contribution < 1.29 is 23.5 Å². The average molecular weight is 595 g/mol. The SMILES string of the molecule is Cc1cc(=O)oc2c(C)c(OC(=O)[C@@H](C)NC(=O)OCc3ccccc3)c(C[C@H](Br)CBr)cc12. The Kier molecular flexibility index (Phi) is 8.90. The van der Waals surface area contributed by atoms with Crippen molar-refractivity contribution in [1.29, 1.82) is 0 Å². The molecule has 1 heterocycles. The number of ether oxygens (including phenoxy) is 2. The van der Waals surface area contributed by atoms with Gasteiger partial charge in [-0.15, -0.1) is 0 Å². The standard InChI is InChI=1S/C25H25Br2NO6/c1-14-9-21(29)33-23-15(2)22(18(11-20(14)23)10-19(27)12-26)34-24(30)16(3)28-25(31)32-13-17-7-5-4-6-8-17/h4-9,11,16,19H,10,12-13H2,1-3H3,(H,28,31)/t16-,19+/m1/s1. The minimum absolute atomic E-state index is 0.0833. The number of hydrogen-bond acceptors (Lipinski definition) is 6. The lowest BCUT2D eigenvalue weighted by Crippen LogP contribution is -2.41. The largest absolute Gasteiger partial charge is 0.445 e. The Morgan fingerprint density at radius 2 is 1.85 bits per heavy atom. The third-order valence-electron chi connectivity index (χ3n) is 5.21. The molecular formula is C25H25Br2NO6. The highest BCUT2D eigenvalue weighted by Crippen LogP contribution is 2.34. The van der Waals surface area contributed by atoms with Crippen LogP contribution in [0, 0.1) is 13.8 Å².